The van der Waals surface area contributed by atoms with Crippen molar-refractivity contribution in [3.8, 4) is 0 Å². The fraction of sp³-hybridized carbons (Fsp3) is 0.905. The Balaban J connectivity index is 0.00000225. The summed E-state index contributed by atoms with van der Waals surface area (Å²) in [6, 6.07) is 1.21. The highest BCUT2D eigenvalue weighted by Crippen LogP contribution is 2.31. The van der Waals surface area contributed by atoms with E-state index in [9.17, 15) is 4.79 Å². The van der Waals surface area contributed by atoms with Gasteiger partial charge < -0.3 is 20.4 Å². The Bertz CT molecular complexity index is 547. The summed E-state index contributed by atoms with van der Waals surface area (Å²) in [6.07, 6.45) is 9.75. The van der Waals surface area contributed by atoms with E-state index in [4.69, 9.17) is 4.99 Å². The van der Waals surface area contributed by atoms with Crippen molar-refractivity contribution in [3.63, 3.8) is 0 Å². The summed E-state index contributed by atoms with van der Waals surface area (Å²) < 4.78 is 0. The molecule has 2 unspecified atom stereocenters. The van der Waals surface area contributed by atoms with Gasteiger partial charge in [-0.25, -0.2) is 0 Å². The molecule has 0 bridgehead atoms. The van der Waals surface area contributed by atoms with Gasteiger partial charge in [-0.2, -0.15) is 0 Å². The van der Waals surface area contributed by atoms with E-state index in [1.54, 1.807) is 0 Å². The molecule has 2 aliphatic carbocycles. The van der Waals surface area contributed by atoms with Crippen molar-refractivity contribution < 1.29 is 4.79 Å². The number of hydrogen-bond acceptors (Lipinski definition) is 3. The molecule has 1 amide bonds. The highest BCUT2D eigenvalue weighted by Gasteiger charge is 2.35. The maximum Gasteiger partial charge on any atom is 0.225 e. The van der Waals surface area contributed by atoms with Crippen LogP contribution in [0.4, 0.5) is 0 Å². The summed E-state index contributed by atoms with van der Waals surface area (Å²) in [5.41, 5.74) is 0. The van der Waals surface area contributed by atoms with Gasteiger partial charge in [0.05, 0.1) is 0 Å². The largest absolute Gasteiger partial charge is 0.357 e. The molecule has 2 N–H and O–H groups in total. The van der Waals surface area contributed by atoms with Crippen LogP contribution in [0.5, 0.6) is 0 Å². The molecule has 28 heavy (non-hydrogen) atoms. The average molecular weight is 503 g/mol. The summed E-state index contributed by atoms with van der Waals surface area (Å²) in [5, 5.41) is 6.99. The first-order chi connectivity index (χ1) is 13.2. The molecular formula is C21H38IN5O. The number of likely N-dealkylation sites (tertiary alicyclic amines) is 2. The Morgan fingerprint density at radius 2 is 1.82 bits per heavy atom. The lowest BCUT2D eigenvalue weighted by Crippen LogP contribution is -2.45. The molecule has 4 rings (SSSR count). The Morgan fingerprint density at radius 3 is 2.54 bits per heavy atom. The maximum atomic E-state index is 12.6. The molecule has 2 saturated heterocycles. The van der Waals surface area contributed by atoms with Crippen molar-refractivity contribution in [3.05, 3.63) is 0 Å². The third-order valence-corrected chi connectivity index (χ3v) is 6.78. The molecule has 2 atom stereocenters. The van der Waals surface area contributed by atoms with Crippen molar-refractivity contribution in [2.24, 2.45) is 16.8 Å². The summed E-state index contributed by atoms with van der Waals surface area (Å²) in [5.74, 6) is 2.32. The van der Waals surface area contributed by atoms with E-state index in [0.717, 1.165) is 57.4 Å². The van der Waals surface area contributed by atoms with Gasteiger partial charge in [0.1, 0.15) is 0 Å². The molecule has 2 saturated carbocycles. The van der Waals surface area contributed by atoms with Crippen LogP contribution in [0.2, 0.25) is 0 Å². The zero-order chi connectivity index (χ0) is 18.6. The predicted octanol–water partition coefficient (Wildman–Crippen LogP) is 2.43. The fourth-order valence-corrected chi connectivity index (χ4v) is 5.03. The molecule has 2 aliphatic heterocycles. The molecule has 0 aromatic carbocycles. The van der Waals surface area contributed by atoms with Crippen molar-refractivity contribution in [2.45, 2.75) is 70.4 Å². The van der Waals surface area contributed by atoms with E-state index >= 15 is 0 Å². The van der Waals surface area contributed by atoms with Gasteiger partial charge in [0.25, 0.3) is 0 Å². The minimum absolute atomic E-state index is 0. The first-order valence-electron chi connectivity index (χ1n) is 11.3. The van der Waals surface area contributed by atoms with Crippen molar-refractivity contribution in [1.29, 1.82) is 0 Å². The molecule has 0 spiro atoms. The number of hydrogen-bond donors (Lipinski definition) is 2. The van der Waals surface area contributed by atoms with Crippen LogP contribution < -0.4 is 10.6 Å². The number of halogens is 1. The van der Waals surface area contributed by atoms with Crippen LogP contribution in [0.3, 0.4) is 0 Å². The number of rotatable bonds is 6. The fourth-order valence-electron chi connectivity index (χ4n) is 5.03. The SMILES string of the molecule is CCNC(=NCC1CCN(C2CC2)C1)NC1CCN(C(=O)C2CCCC2)C1.I. The van der Waals surface area contributed by atoms with Crippen molar-refractivity contribution >= 4 is 35.8 Å². The molecule has 160 valence electrons. The zero-order valence-corrected chi connectivity index (χ0v) is 19.7. The number of aliphatic imine (C=N–C) groups is 1. The third-order valence-electron chi connectivity index (χ3n) is 6.78. The molecule has 4 fully saturated rings. The smallest absolute Gasteiger partial charge is 0.225 e. The lowest BCUT2D eigenvalue weighted by Gasteiger charge is -2.21. The van der Waals surface area contributed by atoms with Crippen LogP contribution in [-0.4, -0.2) is 73.0 Å². The number of amides is 1. The maximum absolute atomic E-state index is 12.6. The van der Waals surface area contributed by atoms with Gasteiger partial charge >= 0.3 is 0 Å². The number of nitrogens with zero attached hydrogens (tertiary/aromatic N) is 3. The van der Waals surface area contributed by atoms with Crippen LogP contribution in [-0.2, 0) is 4.79 Å². The van der Waals surface area contributed by atoms with E-state index in [2.05, 4.69) is 27.4 Å². The first kappa shape index (κ1) is 22.1. The number of carbonyl (C=O) groups excluding carboxylic acids is 1. The Morgan fingerprint density at radius 1 is 1.04 bits per heavy atom. The minimum Gasteiger partial charge on any atom is -0.357 e. The number of carbonyl (C=O) groups is 1. The molecule has 0 radical (unpaired) electrons. The van der Waals surface area contributed by atoms with Crippen molar-refractivity contribution in [1.82, 2.24) is 20.4 Å². The third kappa shape index (κ3) is 5.74. The monoisotopic (exact) mass is 503 g/mol. The summed E-state index contributed by atoms with van der Waals surface area (Å²) in [4.78, 5) is 22.3. The van der Waals surface area contributed by atoms with Gasteiger partial charge in [-0.1, -0.05) is 12.8 Å². The predicted molar refractivity (Wildman–Crippen MR) is 124 cm³/mol. The van der Waals surface area contributed by atoms with Crippen LogP contribution >= 0.6 is 24.0 Å². The van der Waals surface area contributed by atoms with E-state index in [0.29, 0.717) is 23.8 Å². The second-order valence-corrected chi connectivity index (χ2v) is 9.00. The number of nitrogens with one attached hydrogen (secondary N) is 2. The van der Waals surface area contributed by atoms with Crippen LogP contribution in [0.25, 0.3) is 0 Å². The highest BCUT2D eigenvalue weighted by atomic mass is 127. The summed E-state index contributed by atoms with van der Waals surface area (Å²) in [7, 11) is 0. The summed E-state index contributed by atoms with van der Waals surface area (Å²) in [6.45, 7) is 8.12. The summed E-state index contributed by atoms with van der Waals surface area (Å²) >= 11 is 0. The Hall–Kier alpha value is -0.570. The van der Waals surface area contributed by atoms with Gasteiger partial charge in [0, 0.05) is 50.7 Å². The first-order valence-corrected chi connectivity index (χ1v) is 11.3. The van der Waals surface area contributed by atoms with Crippen LogP contribution in [0, 0.1) is 11.8 Å². The van der Waals surface area contributed by atoms with Gasteiger partial charge in [0.15, 0.2) is 5.96 Å². The van der Waals surface area contributed by atoms with Gasteiger partial charge in [0.2, 0.25) is 5.91 Å². The average Bonchev–Trinajstić information content (AvgIpc) is 3.11. The topological polar surface area (TPSA) is 60.0 Å². The molecule has 0 aromatic rings. The molecular weight excluding hydrogens is 465 g/mol. The van der Waals surface area contributed by atoms with E-state index in [-0.39, 0.29) is 24.0 Å². The zero-order valence-electron chi connectivity index (χ0n) is 17.4. The van der Waals surface area contributed by atoms with Gasteiger partial charge in [-0.15, -0.1) is 24.0 Å². The molecule has 0 aromatic heterocycles. The van der Waals surface area contributed by atoms with Crippen LogP contribution in [0.15, 0.2) is 4.99 Å². The van der Waals surface area contributed by atoms with E-state index in [1.165, 1.54) is 45.2 Å². The van der Waals surface area contributed by atoms with Gasteiger partial charge in [-0.3, -0.25) is 9.79 Å². The minimum atomic E-state index is 0. The van der Waals surface area contributed by atoms with Crippen molar-refractivity contribution in [2.75, 3.05) is 39.3 Å². The highest BCUT2D eigenvalue weighted by molar-refractivity contribution is 14.0. The second-order valence-electron chi connectivity index (χ2n) is 9.00. The molecule has 7 heteroatoms. The lowest BCUT2D eigenvalue weighted by atomic mass is 10.1. The van der Waals surface area contributed by atoms with Gasteiger partial charge in [-0.05, 0) is 57.9 Å². The Labute approximate surface area is 187 Å². The standard InChI is InChI=1S/C21H37N5O.HI/c1-2-22-21(23-13-16-9-11-25(14-16)19-7-8-19)24-18-10-12-26(15-18)20(27)17-5-3-4-6-17;/h16-19H,2-15H2,1H3,(H2,22,23,24);1H. The Kier molecular flexibility index (Phi) is 8.26. The molecule has 4 aliphatic rings. The number of guanidine groups is 1. The molecule has 2 heterocycles. The normalized spacial score (nSPS) is 29.2. The van der Waals surface area contributed by atoms with Crippen LogP contribution in [0.1, 0.15) is 58.3 Å². The quantitative estimate of drug-likeness (QED) is 0.332. The van der Waals surface area contributed by atoms with E-state index < -0.39 is 0 Å². The van der Waals surface area contributed by atoms with E-state index in [1.807, 2.05) is 0 Å². The lowest BCUT2D eigenvalue weighted by molar-refractivity contribution is -0.134. The molecule has 6 nitrogen and oxygen atoms in total. The second kappa shape index (κ2) is 10.5.